The highest BCUT2D eigenvalue weighted by Crippen LogP contribution is 2.25. The van der Waals surface area contributed by atoms with E-state index in [4.69, 9.17) is 11.6 Å². The molecular formula is C10H13Cl2FN2O2S. The molecule has 1 aliphatic rings. The van der Waals surface area contributed by atoms with Gasteiger partial charge in [0.2, 0.25) is 10.0 Å². The lowest BCUT2D eigenvalue weighted by Gasteiger charge is -2.26. The van der Waals surface area contributed by atoms with Gasteiger partial charge in [0, 0.05) is 26.2 Å². The lowest BCUT2D eigenvalue weighted by molar-refractivity contribution is 0.360. The van der Waals surface area contributed by atoms with Crippen LogP contribution in [0.1, 0.15) is 0 Å². The zero-order valence-electron chi connectivity index (χ0n) is 9.40. The number of nitrogens with zero attached hydrogens (tertiary/aromatic N) is 1. The van der Waals surface area contributed by atoms with Gasteiger partial charge in [-0.3, -0.25) is 0 Å². The minimum atomic E-state index is -3.69. The van der Waals surface area contributed by atoms with Crippen molar-refractivity contribution in [3.63, 3.8) is 0 Å². The number of rotatable bonds is 2. The van der Waals surface area contributed by atoms with Crippen molar-refractivity contribution in [1.29, 1.82) is 0 Å². The molecule has 0 saturated carbocycles. The molecular weight excluding hydrogens is 302 g/mol. The van der Waals surface area contributed by atoms with Crippen LogP contribution in [-0.4, -0.2) is 38.9 Å². The lowest BCUT2D eigenvalue weighted by atomic mass is 10.3. The third-order valence-corrected chi connectivity index (χ3v) is 4.97. The standard InChI is InChI=1S/C10H12ClFN2O2S.ClH/c11-9-2-1-8(12)7-10(9)17(15,16)14-5-3-13-4-6-14;/h1-2,7,13H,3-6H2;1H. The van der Waals surface area contributed by atoms with Gasteiger partial charge in [-0.05, 0) is 18.2 Å². The van der Waals surface area contributed by atoms with E-state index in [1.54, 1.807) is 0 Å². The Morgan fingerprint density at radius 1 is 1.28 bits per heavy atom. The number of benzene rings is 1. The summed E-state index contributed by atoms with van der Waals surface area (Å²) in [6.45, 7) is 1.92. The summed E-state index contributed by atoms with van der Waals surface area (Å²) in [6, 6.07) is 3.35. The van der Waals surface area contributed by atoms with Crippen LogP contribution in [0.2, 0.25) is 5.02 Å². The molecule has 1 fully saturated rings. The van der Waals surface area contributed by atoms with Crippen LogP contribution in [-0.2, 0) is 10.0 Å². The van der Waals surface area contributed by atoms with Gasteiger partial charge in [0.15, 0.2) is 0 Å². The van der Waals surface area contributed by atoms with Crippen LogP contribution in [0.3, 0.4) is 0 Å². The molecule has 18 heavy (non-hydrogen) atoms. The van der Waals surface area contributed by atoms with Crippen molar-refractivity contribution in [2.75, 3.05) is 26.2 Å². The molecule has 0 spiro atoms. The van der Waals surface area contributed by atoms with Crippen LogP contribution in [0, 0.1) is 5.82 Å². The Kier molecular flexibility index (Phi) is 5.36. The molecule has 0 unspecified atom stereocenters. The van der Waals surface area contributed by atoms with E-state index in [-0.39, 0.29) is 22.3 Å². The summed E-state index contributed by atoms with van der Waals surface area (Å²) in [5.41, 5.74) is 0. The first kappa shape index (κ1) is 15.7. The molecule has 1 aliphatic heterocycles. The molecule has 0 atom stereocenters. The topological polar surface area (TPSA) is 49.4 Å². The predicted molar refractivity (Wildman–Crippen MR) is 70.3 cm³/mol. The number of hydrogen-bond donors (Lipinski definition) is 1. The molecule has 0 radical (unpaired) electrons. The Labute approximate surface area is 117 Å². The van der Waals surface area contributed by atoms with Gasteiger partial charge in [0.05, 0.1) is 5.02 Å². The molecule has 1 heterocycles. The minimum absolute atomic E-state index is 0. The fourth-order valence-electron chi connectivity index (χ4n) is 1.70. The largest absolute Gasteiger partial charge is 0.314 e. The van der Waals surface area contributed by atoms with Gasteiger partial charge in [-0.25, -0.2) is 12.8 Å². The van der Waals surface area contributed by atoms with E-state index in [0.717, 1.165) is 12.1 Å². The van der Waals surface area contributed by atoms with Crippen molar-refractivity contribution in [2.24, 2.45) is 0 Å². The van der Waals surface area contributed by atoms with Gasteiger partial charge in [0.25, 0.3) is 0 Å². The molecule has 1 aromatic rings. The molecule has 0 aliphatic carbocycles. The fraction of sp³-hybridized carbons (Fsp3) is 0.400. The van der Waals surface area contributed by atoms with Crippen molar-refractivity contribution in [3.05, 3.63) is 29.0 Å². The van der Waals surface area contributed by atoms with Gasteiger partial charge in [-0.1, -0.05) is 11.6 Å². The summed E-state index contributed by atoms with van der Waals surface area (Å²) in [6.07, 6.45) is 0. The summed E-state index contributed by atoms with van der Waals surface area (Å²) >= 11 is 5.81. The SMILES string of the molecule is Cl.O=S(=O)(c1cc(F)ccc1Cl)N1CCNCC1. The van der Waals surface area contributed by atoms with E-state index in [9.17, 15) is 12.8 Å². The highest BCUT2D eigenvalue weighted by Gasteiger charge is 2.28. The Balaban J connectivity index is 0.00000162. The Morgan fingerprint density at radius 2 is 1.89 bits per heavy atom. The van der Waals surface area contributed by atoms with Crippen LogP contribution in [0.15, 0.2) is 23.1 Å². The molecule has 8 heteroatoms. The molecule has 1 N–H and O–H groups in total. The number of nitrogens with one attached hydrogen (secondary N) is 1. The predicted octanol–water partition coefficient (Wildman–Crippen LogP) is 1.49. The first-order valence-corrected chi connectivity index (χ1v) is 6.99. The van der Waals surface area contributed by atoms with Crippen LogP contribution in [0.4, 0.5) is 4.39 Å². The molecule has 0 amide bonds. The minimum Gasteiger partial charge on any atom is -0.314 e. The number of halogens is 3. The van der Waals surface area contributed by atoms with Crippen LogP contribution in [0.5, 0.6) is 0 Å². The molecule has 102 valence electrons. The molecule has 0 bridgehead atoms. The van der Waals surface area contributed by atoms with Gasteiger partial charge >= 0.3 is 0 Å². The van der Waals surface area contributed by atoms with Gasteiger partial charge in [-0.2, -0.15) is 4.31 Å². The average Bonchev–Trinajstić information content (AvgIpc) is 2.33. The highest BCUT2D eigenvalue weighted by molar-refractivity contribution is 7.89. The molecule has 2 rings (SSSR count). The maximum absolute atomic E-state index is 13.1. The second-order valence-corrected chi connectivity index (χ2v) is 6.04. The zero-order valence-corrected chi connectivity index (χ0v) is 11.8. The van der Waals surface area contributed by atoms with E-state index in [0.29, 0.717) is 26.2 Å². The summed E-state index contributed by atoms with van der Waals surface area (Å²) in [7, 11) is -3.69. The summed E-state index contributed by atoms with van der Waals surface area (Å²) < 4.78 is 38.8. The van der Waals surface area contributed by atoms with E-state index in [1.165, 1.54) is 10.4 Å². The van der Waals surface area contributed by atoms with Crippen LogP contribution < -0.4 is 5.32 Å². The van der Waals surface area contributed by atoms with Crippen molar-refractivity contribution >= 4 is 34.0 Å². The number of hydrogen-bond acceptors (Lipinski definition) is 3. The number of piperazine rings is 1. The van der Waals surface area contributed by atoms with Gasteiger partial charge in [-0.15, -0.1) is 12.4 Å². The quantitative estimate of drug-likeness (QED) is 0.900. The third kappa shape index (κ3) is 3.13. The maximum atomic E-state index is 13.1. The normalized spacial score (nSPS) is 17.2. The van der Waals surface area contributed by atoms with Gasteiger partial charge < -0.3 is 5.32 Å². The maximum Gasteiger partial charge on any atom is 0.244 e. The summed E-state index contributed by atoms with van der Waals surface area (Å²) in [4.78, 5) is -0.166. The smallest absolute Gasteiger partial charge is 0.244 e. The molecule has 4 nitrogen and oxygen atoms in total. The second-order valence-electron chi connectivity index (χ2n) is 3.73. The molecule has 0 aromatic heterocycles. The fourth-order valence-corrected chi connectivity index (χ4v) is 3.63. The van der Waals surface area contributed by atoms with E-state index in [2.05, 4.69) is 5.32 Å². The Bertz CT molecular complexity index is 519. The van der Waals surface area contributed by atoms with Gasteiger partial charge in [0.1, 0.15) is 10.7 Å². The van der Waals surface area contributed by atoms with Crippen LogP contribution in [0.25, 0.3) is 0 Å². The second kappa shape index (κ2) is 6.16. The molecule has 1 aromatic carbocycles. The molecule has 1 saturated heterocycles. The zero-order chi connectivity index (χ0) is 12.5. The monoisotopic (exact) mass is 314 g/mol. The number of sulfonamides is 1. The summed E-state index contributed by atoms with van der Waals surface area (Å²) in [5, 5.41) is 3.10. The van der Waals surface area contributed by atoms with E-state index < -0.39 is 15.8 Å². The third-order valence-electron chi connectivity index (χ3n) is 2.59. The van der Waals surface area contributed by atoms with Crippen molar-refractivity contribution < 1.29 is 12.8 Å². The summed E-state index contributed by atoms with van der Waals surface area (Å²) in [5.74, 6) is -0.608. The van der Waals surface area contributed by atoms with Crippen molar-refractivity contribution in [1.82, 2.24) is 9.62 Å². The first-order valence-electron chi connectivity index (χ1n) is 5.18. The Hall–Kier alpha value is -0.400. The van der Waals surface area contributed by atoms with Crippen LogP contribution >= 0.6 is 24.0 Å². The van der Waals surface area contributed by atoms with E-state index in [1.807, 2.05) is 0 Å². The Morgan fingerprint density at radius 3 is 2.50 bits per heavy atom. The van der Waals surface area contributed by atoms with E-state index >= 15 is 0 Å². The van der Waals surface area contributed by atoms with Crippen molar-refractivity contribution in [2.45, 2.75) is 4.90 Å². The lowest BCUT2D eigenvalue weighted by Crippen LogP contribution is -2.46. The average molecular weight is 315 g/mol. The first-order chi connectivity index (χ1) is 8.01. The highest BCUT2D eigenvalue weighted by atomic mass is 35.5. The van der Waals surface area contributed by atoms with Crippen molar-refractivity contribution in [3.8, 4) is 0 Å².